The van der Waals surface area contributed by atoms with Gasteiger partial charge in [-0.3, -0.25) is 9.20 Å². The van der Waals surface area contributed by atoms with Crippen LogP contribution in [0.25, 0.3) is 16.7 Å². The van der Waals surface area contributed by atoms with Gasteiger partial charge >= 0.3 is 0 Å². The van der Waals surface area contributed by atoms with Gasteiger partial charge in [0.2, 0.25) is 5.65 Å². The third-order valence-corrected chi connectivity index (χ3v) is 5.41. The summed E-state index contributed by atoms with van der Waals surface area (Å²) in [5, 5.41) is 8.73. The lowest BCUT2D eigenvalue weighted by molar-refractivity contribution is 0.103. The molecule has 3 aromatic carbocycles. The molecule has 0 saturated heterocycles. The maximum Gasteiger partial charge on any atom is 0.204 e. The second-order valence-electron chi connectivity index (χ2n) is 7.32. The molecule has 0 spiro atoms. The van der Waals surface area contributed by atoms with Gasteiger partial charge < -0.3 is 4.90 Å². The Hall–Kier alpha value is -4.06. The Bertz CT molecular complexity index is 1390. The molecule has 6 heteroatoms. The first kappa shape index (κ1) is 18.9. The standard InChI is InChI=1S/C25H21N5O/c1-3-29(20-12-8-5-9-13-20)24-25-28-27-17(2)30(25)22-16-19(14-15-21(22)26-24)23(31)18-10-6-4-7-11-18/h4-16H,3H2,1-2H3. The molecule has 2 heterocycles. The number of fused-ring (bicyclic) bond motifs is 3. The Morgan fingerprint density at radius 1 is 0.903 bits per heavy atom. The zero-order valence-corrected chi connectivity index (χ0v) is 17.4. The van der Waals surface area contributed by atoms with Gasteiger partial charge in [0.15, 0.2) is 11.6 Å². The van der Waals surface area contributed by atoms with Crippen molar-refractivity contribution >= 4 is 34.0 Å². The van der Waals surface area contributed by atoms with Gasteiger partial charge in [0.25, 0.3) is 0 Å². The summed E-state index contributed by atoms with van der Waals surface area (Å²) in [6.07, 6.45) is 0. The predicted molar refractivity (Wildman–Crippen MR) is 122 cm³/mol. The number of aromatic nitrogens is 4. The van der Waals surface area contributed by atoms with Crippen LogP contribution in [-0.4, -0.2) is 31.9 Å². The number of benzene rings is 3. The summed E-state index contributed by atoms with van der Waals surface area (Å²) in [6.45, 7) is 4.72. The average Bonchev–Trinajstić information content (AvgIpc) is 3.22. The Morgan fingerprint density at radius 2 is 1.61 bits per heavy atom. The summed E-state index contributed by atoms with van der Waals surface area (Å²) in [7, 11) is 0. The lowest BCUT2D eigenvalue weighted by atomic mass is 10.0. The van der Waals surface area contributed by atoms with Gasteiger partial charge in [-0.1, -0.05) is 48.5 Å². The van der Waals surface area contributed by atoms with Gasteiger partial charge in [-0.15, -0.1) is 10.2 Å². The molecule has 0 amide bonds. The maximum absolute atomic E-state index is 13.0. The van der Waals surface area contributed by atoms with E-state index in [1.54, 1.807) is 0 Å². The van der Waals surface area contributed by atoms with E-state index in [1.807, 2.05) is 78.1 Å². The summed E-state index contributed by atoms with van der Waals surface area (Å²) >= 11 is 0. The van der Waals surface area contributed by atoms with Crippen molar-refractivity contribution in [3.8, 4) is 0 Å². The van der Waals surface area contributed by atoms with Crippen LogP contribution in [0.5, 0.6) is 0 Å². The van der Waals surface area contributed by atoms with Crippen LogP contribution in [0.3, 0.4) is 0 Å². The van der Waals surface area contributed by atoms with Crippen molar-refractivity contribution in [1.29, 1.82) is 0 Å². The normalized spacial score (nSPS) is 11.2. The molecule has 152 valence electrons. The topological polar surface area (TPSA) is 63.4 Å². The molecule has 2 aromatic heterocycles. The summed E-state index contributed by atoms with van der Waals surface area (Å²) in [6, 6.07) is 25.0. The smallest absolute Gasteiger partial charge is 0.204 e. The fourth-order valence-corrected chi connectivity index (χ4v) is 3.90. The highest BCUT2D eigenvalue weighted by atomic mass is 16.1. The summed E-state index contributed by atoms with van der Waals surface area (Å²) in [5.41, 5.74) is 4.56. The summed E-state index contributed by atoms with van der Waals surface area (Å²) < 4.78 is 1.98. The number of hydrogen-bond acceptors (Lipinski definition) is 5. The van der Waals surface area contributed by atoms with Gasteiger partial charge in [0, 0.05) is 23.4 Å². The minimum absolute atomic E-state index is 0.0232. The SMILES string of the molecule is CCN(c1ccccc1)c1nc2ccc(C(=O)c3ccccc3)cc2n2c(C)nnc12. The molecule has 0 atom stereocenters. The van der Waals surface area contributed by atoms with Crippen LogP contribution in [-0.2, 0) is 0 Å². The van der Waals surface area contributed by atoms with E-state index in [4.69, 9.17) is 4.98 Å². The van der Waals surface area contributed by atoms with Crippen LogP contribution in [0.15, 0.2) is 78.9 Å². The van der Waals surface area contributed by atoms with Crippen molar-refractivity contribution in [2.75, 3.05) is 11.4 Å². The third-order valence-electron chi connectivity index (χ3n) is 5.41. The first-order valence-corrected chi connectivity index (χ1v) is 10.2. The van der Waals surface area contributed by atoms with Gasteiger partial charge in [0.1, 0.15) is 5.82 Å². The molecule has 5 rings (SSSR count). The van der Waals surface area contributed by atoms with Crippen molar-refractivity contribution in [3.05, 3.63) is 95.8 Å². The van der Waals surface area contributed by atoms with E-state index in [0.29, 0.717) is 16.8 Å². The minimum atomic E-state index is -0.0232. The second-order valence-corrected chi connectivity index (χ2v) is 7.32. The van der Waals surface area contributed by atoms with Crippen LogP contribution in [0.2, 0.25) is 0 Å². The van der Waals surface area contributed by atoms with E-state index in [9.17, 15) is 4.79 Å². The fourth-order valence-electron chi connectivity index (χ4n) is 3.90. The Balaban J connectivity index is 1.71. The van der Waals surface area contributed by atoms with E-state index in [-0.39, 0.29) is 5.78 Å². The molecule has 6 nitrogen and oxygen atoms in total. The molecule has 0 aliphatic rings. The van der Waals surface area contributed by atoms with Gasteiger partial charge in [-0.05, 0) is 44.2 Å². The van der Waals surface area contributed by atoms with Crippen LogP contribution in [0.4, 0.5) is 11.5 Å². The first-order valence-electron chi connectivity index (χ1n) is 10.2. The van der Waals surface area contributed by atoms with E-state index < -0.39 is 0 Å². The monoisotopic (exact) mass is 407 g/mol. The molecule has 0 N–H and O–H groups in total. The molecule has 0 unspecified atom stereocenters. The van der Waals surface area contributed by atoms with Crippen molar-refractivity contribution in [1.82, 2.24) is 19.6 Å². The number of rotatable bonds is 5. The average molecular weight is 407 g/mol. The van der Waals surface area contributed by atoms with E-state index in [0.717, 1.165) is 34.9 Å². The number of nitrogens with zero attached hydrogens (tertiary/aromatic N) is 5. The Kier molecular flexibility index (Phi) is 4.67. The first-order chi connectivity index (χ1) is 15.2. The van der Waals surface area contributed by atoms with Crippen LogP contribution >= 0.6 is 0 Å². The molecule has 5 aromatic rings. The molecule has 0 aliphatic heterocycles. The third kappa shape index (κ3) is 3.22. The molecule has 0 fully saturated rings. The van der Waals surface area contributed by atoms with E-state index >= 15 is 0 Å². The van der Waals surface area contributed by atoms with Crippen LogP contribution in [0, 0.1) is 6.92 Å². The number of ketones is 1. The van der Waals surface area contributed by atoms with Gasteiger partial charge in [0.05, 0.1) is 11.0 Å². The summed E-state index contributed by atoms with van der Waals surface area (Å²) in [5.74, 6) is 1.46. The summed E-state index contributed by atoms with van der Waals surface area (Å²) in [4.78, 5) is 20.0. The molecular formula is C25H21N5O. The molecular weight excluding hydrogens is 386 g/mol. The number of carbonyl (C=O) groups excluding carboxylic acids is 1. The highest BCUT2D eigenvalue weighted by Gasteiger charge is 2.20. The van der Waals surface area contributed by atoms with Gasteiger partial charge in [-0.2, -0.15) is 0 Å². The van der Waals surface area contributed by atoms with E-state index in [2.05, 4.69) is 34.2 Å². The van der Waals surface area contributed by atoms with E-state index in [1.165, 1.54) is 0 Å². The maximum atomic E-state index is 13.0. The van der Waals surface area contributed by atoms with Crippen molar-refractivity contribution in [3.63, 3.8) is 0 Å². The molecule has 0 bridgehead atoms. The Morgan fingerprint density at radius 3 is 2.32 bits per heavy atom. The van der Waals surface area contributed by atoms with Crippen molar-refractivity contribution in [2.24, 2.45) is 0 Å². The minimum Gasteiger partial charge on any atom is -0.323 e. The van der Waals surface area contributed by atoms with Crippen LogP contribution in [0.1, 0.15) is 28.7 Å². The van der Waals surface area contributed by atoms with Crippen LogP contribution < -0.4 is 4.90 Å². The predicted octanol–water partition coefficient (Wildman–Crippen LogP) is 4.97. The molecule has 0 aliphatic carbocycles. The largest absolute Gasteiger partial charge is 0.323 e. The number of hydrogen-bond donors (Lipinski definition) is 0. The fraction of sp³-hybridized carbons (Fsp3) is 0.120. The zero-order valence-electron chi connectivity index (χ0n) is 17.4. The Labute approximate surface area is 179 Å². The number of para-hydroxylation sites is 1. The van der Waals surface area contributed by atoms with Crippen molar-refractivity contribution in [2.45, 2.75) is 13.8 Å². The number of aryl methyl sites for hydroxylation is 1. The highest BCUT2D eigenvalue weighted by Crippen LogP contribution is 2.30. The molecule has 31 heavy (non-hydrogen) atoms. The second kappa shape index (κ2) is 7.65. The van der Waals surface area contributed by atoms with Crippen molar-refractivity contribution < 1.29 is 4.79 Å². The molecule has 0 radical (unpaired) electrons. The lowest BCUT2D eigenvalue weighted by Gasteiger charge is -2.23. The lowest BCUT2D eigenvalue weighted by Crippen LogP contribution is -2.19. The zero-order chi connectivity index (χ0) is 21.4. The van der Waals surface area contributed by atoms with Gasteiger partial charge in [-0.25, -0.2) is 4.98 Å². The number of carbonyl (C=O) groups is 1. The molecule has 0 saturated carbocycles. The quantitative estimate of drug-likeness (QED) is 0.385. The highest BCUT2D eigenvalue weighted by molar-refractivity contribution is 6.10. The number of anilines is 2.